The molecule has 1 aliphatic rings. The van der Waals surface area contributed by atoms with Gasteiger partial charge in [-0.25, -0.2) is 0 Å². The summed E-state index contributed by atoms with van der Waals surface area (Å²) in [5.41, 5.74) is 0.339. The second-order valence-electron chi connectivity index (χ2n) is 5.04. The molecule has 1 N–H and O–H groups in total. The largest absolute Gasteiger partial charge is 0.356 e. The van der Waals surface area contributed by atoms with Crippen molar-refractivity contribution in [2.75, 3.05) is 6.54 Å². The maximum atomic E-state index is 11.5. The second-order valence-corrected chi connectivity index (χ2v) is 5.04. The Morgan fingerprint density at radius 1 is 1.19 bits per heavy atom. The van der Waals surface area contributed by atoms with E-state index in [9.17, 15) is 9.59 Å². The molecule has 0 saturated heterocycles. The average molecular weight is 225 g/mol. The van der Waals surface area contributed by atoms with Gasteiger partial charge in [0, 0.05) is 19.4 Å². The molecular weight excluding hydrogens is 202 g/mol. The molecule has 0 heterocycles. The molecule has 3 heteroatoms. The van der Waals surface area contributed by atoms with Gasteiger partial charge in [-0.3, -0.25) is 4.79 Å². The number of nitrogens with one attached hydrogen (secondary N) is 1. The lowest BCUT2D eigenvalue weighted by Crippen LogP contribution is -2.35. The van der Waals surface area contributed by atoms with Crippen LogP contribution in [0.15, 0.2) is 0 Å². The van der Waals surface area contributed by atoms with Gasteiger partial charge in [-0.1, -0.05) is 19.8 Å². The molecule has 0 spiro atoms. The van der Waals surface area contributed by atoms with Crippen molar-refractivity contribution in [3.63, 3.8) is 0 Å². The van der Waals surface area contributed by atoms with Gasteiger partial charge >= 0.3 is 0 Å². The van der Waals surface area contributed by atoms with Crippen LogP contribution in [0.1, 0.15) is 58.8 Å². The van der Waals surface area contributed by atoms with E-state index in [0.717, 1.165) is 13.0 Å². The van der Waals surface area contributed by atoms with Crippen LogP contribution in [0, 0.1) is 5.41 Å². The van der Waals surface area contributed by atoms with E-state index in [4.69, 9.17) is 0 Å². The van der Waals surface area contributed by atoms with Crippen LogP contribution in [0.5, 0.6) is 0 Å². The molecule has 16 heavy (non-hydrogen) atoms. The normalized spacial score (nSPS) is 18.4. The van der Waals surface area contributed by atoms with Gasteiger partial charge in [0.05, 0.1) is 0 Å². The summed E-state index contributed by atoms with van der Waals surface area (Å²) in [6.07, 6.45) is 6.89. The van der Waals surface area contributed by atoms with Crippen molar-refractivity contribution >= 4 is 11.7 Å². The molecule has 0 atom stereocenters. The van der Waals surface area contributed by atoms with Crippen molar-refractivity contribution in [3.05, 3.63) is 0 Å². The molecule has 0 aliphatic heterocycles. The molecule has 0 aromatic heterocycles. The van der Waals surface area contributed by atoms with E-state index in [0.29, 0.717) is 18.3 Å². The Labute approximate surface area is 98.0 Å². The monoisotopic (exact) mass is 225 g/mol. The topological polar surface area (TPSA) is 46.2 Å². The number of Topliss-reactive ketones (excluding diaryl/α,β-unsaturated/α-hetero) is 1. The lowest BCUT2D eigenvalue weighted by Gasteiger charge is -2.27. The molecule has 0 aromatic carbocycles. The van der Waals surface area contributed by atoms with Crippen LogP contribution in [0.2, 0.25) is 0 Å². The summed E-state index contributed by atoms with van der Waals surface area (Å²) in [5, 5.41) is 2.98. The van der Waals surface area contributed by atoms with Gasteiger partial charge in [-0.05, 0) is 31.6 Å². The zero-order chi connectivity index (χ0) is 12.0. The van der Waals surface area contributed by atoms with Crippen LogP contribution < -0.4 is 5.32 Å². The van der Waals surface area contributed by atoms with Gasteiger partial charge in [0.2, 0.25) is 5.91 Å². The highest BCUT2D eigenvalue weighted by molar-refractivity contribution is 5.83. The van der Waals surface area contributed by atoms with Crippen LogP contribution in [0.3, 0.4) is 0 Å². The summed E-state index contributed by atoms with van der Waals surface area (Å²) in [4.78, 5) is 22.2. The lowest BCUT2D eigenvalue weighted by atomic mass is 9.83. The van der Waals surface area contributed by atoms with Crippen molar-refractivity contribution < 1.29 is 9.59 Å². The number of carbonyl (C=O) groups excluding carboxylic acids is 2. The van der Waals surface area contributed by atoms with E-state index in [1.807, 2.05) is 0 Å². The number of hydrogen-bond acceptors (Lipinski definition) is 2. The SMILES string of the molecule is CCC1(CNC(=O)CCC(C)=O)CCCC1. The third-order valence-electron chi connectivity index (χ3n) is 3.78. The van der Waals surface area contributed by atoms with Crippen LogP contribution in [0.25, 0.3) is 0 Å². The maximum Gasteiger partial charge on any atom is 0.220 e. The Morgan fingerprint density at radius 3 is 2.31 bits per heavy atom. The first-order chi connectivity index (χ1) is 7.58. The first kappa shape index (κ1) is 13.2. The van der Waals surface area contributed by atoms with Crippen molar-refractivity contribution in [1.82, 2.24) is 5.32 Å². The molecule has 1 rings (SSSR count). The van der Waals surface area contributed by atoms with Crippen LogP contribution in [-0.4, -0.2) is 18.2 Å². The summed E-state index contributed by atoms with van der Waals surface area (Å²) >= 11 is 0. The summed E-state index contributed by atoms with van der Waals surface area (Å²) in [5.74, 6) is 0.108. The van der Waals surface area contributed by atoms with Gasteiger partial charge < -0.3 is 10.1 Å². The van der Waals surface area contributed by atoms with Gasteiger partial charge in [0.25, 0.3) is 0 Å². The first-order valence-corrected chi connectivity index (χ1v) is 6.34. The van der Waals surface area contributed by atoms with Crippen molar-refractivity contribution in [2.24, 2.45) is 5.41 Å². The number of amides is 1. The van der Waals surface area contributed by atoms with Crippen LogP contribution in [0.4, 0.5) is 0 Å². The number of hydrogen-bond donors (Lipinski definition) is 1. The molecule has 92 valence electrons. The second kappa shape index (κ2) is 6.02. The minimum absolute atomic E-state index is 0.0231. The Balaban J connectivity index is 2.27. The van der Waals surface area contributed by atoms with Gasteiger partial charge in [-0.15, -0.1) is 0 Å². The minimum atomic E-state index is 0.0231. The van der Waals surface area contributed by atoms with E-state index in [2.05, 4.69) is 12.2 Å². The number of carbonyl (C=O) groups is 2. The highest BCUT2D eigenvalue weighted by Gasteiger charge is 2.31. The fourth-order valence-corrected chi connectivity index (χ4v) is 2.44. The van der Waals surface area contributed by atoms with E-state index in [-0.39, 0.29) is 11.7 Å². The molecule has 0 unspecified atom stereocenters. The summed E-state index contributed by atoms with van der Waals surface area (Å²) in [6.45, 7) is 4.52. The van der Waals surface area contributed by atoms with Crippen molar-refractivity contribution in [2.45, 2.75) is 58.8 Å². The molecule has 1 amide bonds. The molecular formula is C13H23NO2. The van der Waals surface area contributed by atoms with Crippen molar-refractivity contribution in [1.29, 1.82) is 0 Å². The Bertz CT molecular complexity index is 255. The third-order valence-corrected chi connectivity index (χ3v) is 3.78. The van der Waals surface area contributed by atoms with Gasteiger partial charge in [-0.2, -0.15) is 0 Å². The lowest BCUT2D eigenvalue weighted by molar-refractivity contribution is -0.125. The smallest absolute Gasteiger partial charge is 0.220 e. The summed E-state index contributed by atoms with van der Waals surface area (Å²) < 4.78 is 0. The fourth-order valence-electron chi connectivity index (χ4n) is 2.44. The number of ketones is 1. The highest BCUT2D eigenvalue weighted by atomic mass is 16.2. The quantitative estimate of drug-likeness (QED) is 0.754. The molecule has 1 aliphatic carbocycles. The van der Waals surface area contributed by atoms with Crippen LogP contribution >= 0.6 is 0 Å². The van der Waals surface area contributed by atoms with E-state index >= 15 is 0 Å². The molecule has 0 bridgehead atoms. The molecule has 3 nitrogen and oxygen atoms in total. The van der Waals surface area contributed by atoms with E-state index < -0.39 is 0 Å². The summed E-state index contributed by atoms with van der Waals surface area (Å²) in [6, 6.07) is 0. The molecule has 0 radical (unpaired) electrons. The average Bonchev–Trinajstić information content (AvgIpc) is 2.73. The van der Waals surface area contributed by atoms with Crippen LogP contribution in [-0.2, 0) is 9.59 Å². The standard InChI is InChI=1S/C13H23NO2/c1-3-13(8-4-5-9-13)10-14-12(16)7-6-11(2)15/h3-10H2,1-2H3,(H,14,16). The van der Waals surface area contributed by atoms with Crippen molar-refractivity contribution in [3.8, 4) is 0 Å². The maximum absolute atomic E-state index is 11.5. The zero-order valence-electron chi connectivity index (χ0n) is 10.5. The first-order valence-electron chi connectivity index (χ1n) is 6.34. The third kappa shape index (κ3) is 3.95. The molecule has 1 saturated carbocycles. The zero-order valence-corrected chi connectivity index (χ0v) is 10.5. The Morgan fingerprint density at radius 2 is 1.81 bits per heavy atom. The summed E-state index contributed by atoms with van der Waals surface area (Å²) in [7, 11) is 0. The van der Waals surface area contributed by atoms with Gasteiger partial charge in [0.15, 0.2) is 0 Å². The fraction of sp³-hybridized carbons (Fsp3) is 0.846. The predicted octanol–water partition coefficient (Wildman–Crippen LogP) is 2.44. The molecule has 1 fully saturated rings. The Kier molecular flexibility index (Phi) is 4.97. The Hall–Kier alpha value is -0.860. The van der Waals surface area contributed by atoms with Gasteiger partial charge in [0.1, 0.15) is 5.78 Å². The van der Waals surface area contributed by atoms with E-state index in [1.54, 1.807) is 0 Å². The highest BCUT2D eigenvalue weighted by Crippen LogP contribution is 2.40. The minimum Gasteiger partial charge on any atom is -0.356 e. The predicted molar refractivity (Wildman–Crippen MR) is 64.1 cm³/mol. The number of rotatable bonds is 6. The molecule has 0 aromatic rings. The van der Waals surface area contributed by atoms with E-state index in [1.165, 1.54) is 32.6 Å².